The maximum atomic E-state index is 11.3. The highest BCUT2D eigenvalue weighted by molar-refractivity contribution is 5.78. The molecule has 0 aromatic heterocycles. The Morgan fingerprint density at radius 2 is 2.11 bits per heavy atom. The minimum Gasteiger partial charge on any atom is -0.480 e. The molecule has 5 heteroatoms. The van der Waals surface area contributed by atoms with Crippen molar-refractivity contribution >= 4 is 5.97 Å². The van der Waals surface area contributed by atoms with Crippen molar-refractivity contribution in [3.63, 3.8) is 0 Å². The van der Waals surface area contributed by atoms with E-state index in [9.17, 15) is 9.90 Å². The highest BCUT2D eigenvalue weighted by atomic mass is 16.5. The predicted octanol–water partition coefficient (Wildman–Crippen LogP) is 2.05. The molecule has 2 N–H and O–H groups in total. The van der Waals surface area contributed by atoms with Gasteiger partial charge in [0.25, 0.3) is 0 Å². The van der Waals surface area contributed by atoms with Gasteiger partial charge in [-0.1, -0.05) is 6.92 Å². The van der Waals surface area contributed by atoms with Crippen molar-refractivity contribution in [3.8, 4) is 0 Å². The molecular weight excluding hydrogens is 246 g/mol. The smallest absolute Gasteiger partial charge is 0.323 e. The first-order chi connectivity index (χ1) is 8.96. The molecule has 0 saturated carbocycles. The van der Waals surface area contributed by atoms with Crippen molar-refractivity contribution in [3.05, 3.63) is 0 Å². The van der Waals surface area contributed by atoms with Gasteiger partial charge in [-0.2, -0.15) is 0 Å². The Bertz CT molecular complexity index is 248. The fourth-order valence-corrected chi connectivity index (χ4v) is 1.71. The molecule has 0 saturated heterocycles. The first-order valence-electron chi connectivity index (χ1n) is 7.14. The minimum atomic E-state index is -0.859. The summed E-state index contributed by atoms with van der Waals surface area (Å²) in [5.41, 5.74) is -0.859. The second kappa shape index (κ2) is 10.2. The summed E-state index contributed by atoms with van der Waals surface area (Å²) in [5, 5.41) is 12.3. The third-order valence-corrected chi connectivity index (χ3v) is 3.02. The third kappa shape index (κ3) is 8.18. The third-order valence-electron chi connectivity index (χ3n) is 3.02. The van der Waals surface area contributed by atoms with Gasteiger partial charge in [0.05, 0.1) is 12.7 Å². The molecule has 19 heavy (non-hydrogen) atoms. The number of nitrogens with one attached hydrogen (secondary N) is 1. The molecule has 0 heterocycles. The average molecular weight is 275 g/mol. The summed E-state index contributed by atoms with van der Waals surface area (Å²) in [5.74, 6) is -0.802. The summed E-state index contributed by atoms with van der Waals surface area (Å²) in [6.07, 6.45) is 2.25. The van der Waals surface area contributed by atoms with Crippen LogP contribution in [0.5, 0.6) is 0 Å². The van der Waals surface area contributed by atoms with Crippen LogP contribution >= 0.6 is 0 Å². The second-order valence-corrected chi connectivity index (χ2v) is 5.01. The molecule has 0 amide bonds. The molecule has 2 atom stereocenters. The highest BCUT2D eigenvalue weighted by Crippen LogP contribution is 2.13. The normalized spacial score (nSPS) is 16.0. The molecule has 0 bridgehead atoms. The number of carboxylic acids is 1. The van der Waals surface area contributed by atoms with E-state index in [1.807, 2.05) is 20.8 Å². The van der Waals surface area contributed by atoms with Crippen molar-refractivity contribution in [2.45, 2.75) is 58.6 Å². The number of hydrogen-bond acceptors (Lipinski definition) is 4. The number of carboxylic acid groups (broad SMARTS) is 1. The van der Waals surface area contributed by atoms with E-state index in [4.69, 9.17) is 9.47 Å². The lowest BCUT2D eigenvalue weighted by atomic mass is 9.96. The van der Waals surface area contributed by atoms with Crippen LogP contribution in [-0.2, 0) is 14.3 Å². The Balaban J connectivity index is 3.90. The molecule has 114 valence electrons. The van der Waals surface area contributed by atoms with Crippen LogP contribution in [0.25, 0.3) is 0 Å². The molecular formula is C14H29NO4. The van der Waals surface area contributed by atoms with Gasteiger partial charge in [-0.15, -0.1) is 0 Å². The number of hydrogen-bond donors (Lipinski definition) is 2. The fraction of sp³-hybridized carbons (Fsp3) is 0.929. The lowest BCUT2D eigenvalue weighted by molar-refractivity contribution is -0.144. The maximum absolute atomic E-state index is 11.3. The van der Waals surface area contributed by atoms with E-state index in [-0.39, 0.29) is 6.10 Å². The molecule has 0 fully saturated rings. The highest BCUT2D eigenvalue weighted by Gasteiger charge is 2.31. The monoisotopic (exact) mass is 275 g/mol. The molecule has 0 spiro atoms. The zero-order chi connectivity index (χ0) is 14.7. The van der Waals surface area contributed by atoms with Crippen molar-refractivity contribution < 1.29 is 19.4 Å². The van der Waals surface area contributed by atoms with E-state index >= 15 is 0 Å². The Hall–Kier alpha value is -0.650. The Morgan fingerprint density at radius 3 is 2.63 bits per heavy atom. The molecule has 2 unspecified atom stereocenters. The van der Waals surface area contributed by atoms with Gasteiger partial charge in [-0.3, -0.25) is 4.79 Å². The summed E-state index contributed by atoms with van der Waals surface area (Å²) >= 11 is 0. The van der Waals surface area contributed by atoms with Crippen LogP contribution in [0.15, 0.2) is 0 Å². The van der Waals surface area contributed by atoms with E-state index in [0.717, 1.165) is 12.8 Å². The van der Waals surface area contributed by atoms with Crippen molar-refractivity contribution in [2.75, 3.05) is 26.4 Å². The van der Waals surface area contributed by atoms with Crippen LogP contribution in [0.3, 0.4) is 0 Å². The van der Waals surface area contributed by atoms with Gasteiger partial charge in [0, 0.05) is 13.2 Å². The maximum Gasteiger partial charge on any atom is 0.323 e. The first-order valence-corrected chi connectivity index (χ1v) is 7.14. The fourth-order valence-electron chi connectivity index (χ4n) is 1.71. The molecule has 0 radical (unpaired) electrons. The van der Waals surface area contributed by atoms with E-state index < -0.39 is 11.5 Å². The van der Waals surface area contributed by atoms with Crippen LogP contribution in [0, 0.1) is 0 Å². The SMILES string of the molecule is CCCNC(C)(CCCOC(C)COCC)C(=O)O. The van der Waals surface area contributed by atoms with Crippen molar-refractivity contribution in [1.29, 1.82) is 0 Å². The molecule has 0 aliphatic rings. The first kappa shape index (κ1) is 18.4. The molecule has 5 nitrogen and oxygen atoms in total. The van der Waals surface area contributed by atoms with E-state index in [2.05, 4.69) is 5.32 Å². The molecule has 0 aliphatic heterocycles. The van der Waals surface area contributed by atoms with Crippen molar-refractivity contribution in [1.82, 2.24) is 5.32 Å². The van der Waals surface area contributed by atoms with Crippen LogP contribution in [0.4, 0.5) is 0 Å². The number of carbonyl (C=O) groups is 1. The number of aliphatic carboxylic acids is 1. The zero-order valence-corrected chi connectivity index (χ0v) is 12.7. The van der Waals surface area contributed by atoms with Crippen molar-refractivity contribution in [2.24, 2.45) is 0 Å². The van der Waals surface area contributed by atoms with Gasteiger partial charge >= 0.3 is 5.97 Å². The number of ether oxygens (including phenoxy) is 2. The van der Waals surface area contributed by atoms with Gasteiger partial charge < -0.3 is 19.9 Å². The summed E-state index contributed by atoms with van der Waals surface area (Å²) in [4.78, 5) is 11.3. The topological polar surface area (TPSA) is 67.8 Å². The van der Waals surface area contributed by atoms with Crippen LogP contribution < -0.4 is 5.32 Å². The van der Waals surface area contributed by atoms with Gasteiger partial charge in [0.1, 0.15) is 5.54 Å². The van der Waals surface area contributed by atoms with E-state index in [1.54, 1.807) is 6.92 Å². The summed E-state index contributed by atoms with van der Waals surface area (Å²) in [7, 11) is 0. The number of rotatable bonds is 12. The van der Waals surface area contributed by atoms with E-state index in [0.29, 0.717) is 32.8 Å². The lowest BCUT2D eigenvalue weighted by Gasteiger charge is -2.26. The van der Waals surface area contributed by atoms with Crippen LogP contribution in [0.2, 0.25) is 0 Å². The zero-order valence-electron chi connectivity index (χ0n) is 12.7. The standard InChI is InChI=1S/C14H29NO4/c1-5-9-15-14(4,13(16)17)8-7-10-19-12(3)11-18-6-2/h12,15H,5-11H2,1-4H3,(H,16,17). The van der Waals surface area contributed by atoms with Crippen LogP contribution in [-0.4, -0.2) is 49.1 Å². The lowest BCUT2D eigenvalue weighted by Crippen LogP contribution is -2.49. The Kier molecular flexibility index (Phi) is 9.83. The molecule has 0 rings (SSSR count). The predicted molar refractivity (Wildman–Crippen MR) is 75.5 cm³/mol. The molecule has 0 aromatic carbocycles. The molecule has 0 aromatic rings. The van der Waals surface area contributed by atoms with Crippen LogP contribution in [0.1, 0.15) is 47.0 Å². The largest absolute Gasteiger partial charge is 0.480 e. The Labute approximate surface area is 116 Å². The second-order valence-electron chi connectivity index (χ2n) is 5.01. The molecule has 0 aliphatic carbocycles. The van der Waals surface area contributed by atoms with Gasteiger partial charge in [-0.25, -0.2) is 0 Å². The van der Waals surface area contributed by atoms with Gasteiger partial charge in [-0.05, 0) is 46.6 Å². The minimum absolute atomic E-state index is 0.0552. The summed E-state index contributed by atoms with van der Waals surface area (Å²) in [6, 6.07) is 0. The quantitative estimate of drug-likeness (QED) is 0.534. The average Bonchev–Trinajstić information content (AvgIpc) is 2.38. The summed E-state index contributed by atoms with van der Waals surface area (Å²) < 4.78 is 10.8. The summed E-state index contributed by atoms with van der Waals surface area (Å²) in [6.45, 7) is 10.2. The Morgan fingerprint density at radius 1 is 1.42 bits per heavy atom. The van der Waals surface area contributed by atoms with E-state index in [1.165, 1.54) is 0 Å². The van der Waals surface area contributed by atoms with Gasteiger partial charge in [0.15, 0.2) is 0 Å². The van der Waals surface area contributed by atoms with Gasteiger partial charge in [0.2, 0.25) is 0 Å².